The van der Waals surface area contributed by atoms with Crippen molar-refractivity contribution in [3.05, 3.63) is 46.8 Å². The minimum absolute atomic E-state index is 0.143. The number of allylic oxidation sites excluding steroid dienone is 1. The van der Waals surface area contributed by atoms with E-state index in [1.165, 1.54) is 50.8 Å². The van der Waals surface area contributed by atoms with Gasteiger partial charge in [0.05, 0.1) is 5.56 Å². The first-order valence-corrected chi connectivity index (χ1v) is 10.3. The third kappa shape index (κ3) is 2.80. The van der Waals surface area contributed by atoms with E-state index < -0.39 is 5.60 Å². The SMILES string of the molecule is O=C1OC2(CCN(C(NC3CCCCC3)=C3CC3)CC2)c2ccccc21. The molecular weight excluding hydrogens is 324 g/mol. The van der Waals surface area contributed by atoms with Crippen molar-refractivity contribution in [3.63, 3.8) is 0 Å². The van der Waals surface area contributed by atoms with Gasteiger partial charge in [0.1, 0.15) is 11.4 Å². The number of rotatable bonds is 3. The van der Waals surface area contributed by atoms with Crippen molar-refractivity contribution in [2.24, 2.45) is 0 Å². The number of esters is 1. The van der Waals surface area contributed by atoms with Crippen molar-refractivity contribution in [1.29, 1.82) is 0 Å². The first-order chi connectivity index (χ1) is 12.8. The Bertz CT molecular complexity index is 734. The van der Waals surface area contributed by atoms with E-state index in [1.54, 1.807) is 5.57 Å². The van der Waals surface area contributed by atoms with E-state index in [4.69, 9.17) is 4.74 Å². The molecule has 0 unspecified atom stereocenters. The van der Waals surface area contributed by atoms with Crippen LogP contribution in [-0.4, -0.2) is 30.0 Å². The number of carbonyl (C=O) groups is 1. The van der Waals surface area contributed by atoms with Crippen LogP contribution in [0.3, 0.4) is 0 Å². The molecule has 0 bridgehead atoms. The second kappa shape index (κ2) is 6.33. The van der Waals surface area contributed by atoms with E-state index >= 15 is 0 Å². The van der Waals surface area contributed by atoms with Gasteiger partial charge in [-0.3, -0.25) is 0 Å². The number of hydrogen-bond acceptors (Lipinski definition) is 4. The van der Waals surface area contributed by atoms with Gasteiger partial charge in [-0.15, -0.1) is 0 Å². The zero-order valence-electron chi connectivity index (χ0n) is 15.4. The molecule has 0 radical (unpaired) electrons. The second-order valence-corrected chi connectivity index (χ2v) is 8.35. The molecule has 3 fully saturated rings. The number of likely N-dealkylation sites (tertiary alicyclic amines) is 1. The van der Waals surface area contributed by atoms with E-state index in [-0.39, 0.29) is 5.97 Å². The smallest absolute Gasteiger partial charge is 0.339 e. The molecule has 2 saturated carbocycles. The van der Waals surface area contributed by atoms with E-state index in [0.29, 0.717) is 6.04 Å². The molecule has 138 valence electrons. The van der Waals surface area contributed by atoms with Crippen molar-refractivity contribution in [2.75, 3.05) is 13.1 Å². The standard InChI is InChI=1S/C22H28N2O2/c25-21-18-8-4-5-9-19(18)22(26-21)12-14-24(15-13-22)20(16-10-11-16)23-17-6-2-1-3-7-17/h4-5,8-9,17,23H,1-3,6-7,10-15H2. The van der Waals surface area contributed by atoms with E-state index in [9.17, 15) is 4.79 Å². The van der Waals surface area contributed by atoms with Crippen molar-refractivity contribution < 1.29 is 9.53 Å². The van der Waals surface area contributed by atoms with E-state index in [1.807, 2.05) is 18.2 Å². The lowest BCUT2D eigenvalue weighted by Gasteiger charge is -2.41. The predicted octanol–water partition coefficient (Wildman–Crippen LogP) is 4.08. The van der Waals surface area contributed by atoms with Gasteiger partial charge in [0.25, 0.3) is 0 Å². The molecule has 1 aromatic carbocycles. The minimum atomic E-state index is -0.395. The van der Waals surface area contributed by atoms with Gasteiger partial charge < -0.3 is 15.0 Å². The van der Waals surface area contributed by atoms with Crippen LogP contribution in [-0.2, 0) is 10.3 Å². The van der Waals surface area contributed by atoms with Gasteiger partial charge >= 0.3 is 5.97 Å². The minimum Gasteiger partial charge on any atom is -0.450 e. The molecule has 4 aliphatic rings. The van der Waals surface area contributed by atoms with Gasteiger partial charge in [-0.25, -0.2) is 4.79 Å². The molecule has 0 amide bonds. The number of piperidine rings is 1. The number of carbonyl (C=O) groups excluding carboxylic acids is 1. The lowest BCUT2D eigenvalue weighted by atomic mass is 9.84. The zero-order valence-corrected chi connectivity index (χ0v) is 15.4. The highest BCUT2D eigenvalue weighted by Crippen LogP contribution is 2.45. The summed E-state index contributed by atoms with van der Waals surface area (Å²) in [6.45, 7) is 1.92. The third-order valence-corrected chi connectivity index (χ3v) is 6.59. The Labute approximate surface area is 155 Å². The fourth-order valence-electron chi connectivity index (χ4n) is 4.97. The van der Waals surface area contributed by atoms with Gasteiger partial charge in [0, 0.05) is 37.5 Å². The van der Waals surface area contributed by atoms with Gasteiger partial charge in [0.15, 0.2) is 0 Å². The largest absolute Gasteiger partial charge is 0.450 e. The summed E-state index contributed by atoms with van der Waals surface area (Å²) in [6.07, 6.45) is 11.0. The average Bonchev–Trinajstić information content (AvgIpc) is 3.49. The summed E-state index contributed by atoms with van der Waals surface area (Å²) in [5, 5.41) is 3.89. The Morgan fingerprint density at radius 1 is 1.08 bits per heavy atom. The Morgan fingerprint density at radius 2 is 1.81 bits per heavy atom. The summed E-state index contributed by atoms with van der Waals surface area (Å²) in [5.74, 6) is 1.26. The Kier molecular flexibility index (Phi) is 3.95. The fraction of sp³-hybridized carbons (Fsp3) is 0.591. The van der Waals surface area contributed by atoms with Crippen LogP contribution >= 0.6 is 0 Å². The topological polar surface area (TPSA) is 41.6 Å². The average molecular weight is 352 g/mol. The predicted molar refractivity (Wildman–Crippen MR) is 101 cm³/mol. The summed E-state index contributed by atoms with van der Waals surface area (Å²) in [4.78, 5) is 14.8. The van der Waals surface area contributed by atoms with Crippen molar-refractivity contribution in [3.8, 4) is 0 Å². The van der Waals surface area contributed by atoms with Gasteiger partial charge in [0.2, 0.25) is 0 Å². The molecular formula is C22H28N2O2. The first-order valence-electron chi connectivity index (χ1n) is 10.3. The van der Waals surface area contributed by atoms with Crippen molar-refractivity contribution >= 4 is 5.97 Å². The highest BCUT2D eigenvalue weighted by molar-refractivity contribution is 5.94. The van der Waals surface area contributed by atoms with Crippen LogP contribution in [0.5, 0.6) is 0 Å². The van der Waals surface area contributed by atoms with Gasteiger partial charge in [-0.1, -0.05) is 37.5 Å². The summed E-state index contributed by atoms with van der Waals surface area (Å²) in [6, 6.07) is 8.58. The Hall–Kier alpha value is -1.97. The molecule has 4 heteroatoms. The molecule has 1 spiro atoms. The lowest BCUT2D eigenvalue weighted by molar-refractivity contribution is -0.0394. The number of nitrogens with zero attached hydrogens (tertiary/aromatic N) is 1. The molecule has 1 aromatic rings. The maximum atomic E-state index is 12.3. The normalized spacial score (nSPS) is 24.4. The lowest BCUT2D eigenvalue weighted by Crippen LogP contribution is -2.46. The van der Waals surface area contributed by atoms with E-state index in [0.717, 1.165) is 37.1 Å². The quantitative estimate of drug-likeness (QED) is 0.833. The fourth-order valence-corrected chi connectivity index (χ4v) is 4.97. The van der Waals surface area contributed by atoms with Gasteiger partial charge in [-0.05, 0) is 37.3 Å². The maximum Gasteiger partial charge on any atom is 0.339 e. The summed E-state index contributed by atoms with van der Waals surface area (Å²) >= 11 is 0. The van der Waals surface area contributed by atoms with Crippen LogP contribution in [0.1, 0.15) is 73.7 Å². The third-order valence-electron chi connectivity index (χ3n) is 6.59. The zero-order chi connectivity index (χ0) is 17.6. The molecule has 0 aromatic heterocycles. The summed E-state index contributed by atoms with van der Waals surface area (Å²) < 4.78 is 5.91. The molecule has 5 rings (SSSR count). The van der Waals surface area contributed by atoms with Crippen LogP contribution in [0, 0.1) is 0 Å². The Balaban J connectivity index is 1.31. The highest BCUT2D eigenvalue weighted by Gasteiger charge is 2.47. The molecule has 2 aliphatic heterocycles. The number of hydrogen-bond donors (Lipinski definition) is 1. The van der Waals surface area contributed by atoms with Crippen LogP contribution in [0.4, 0.5) is 0 Å². The molecule has 1 N–H and O–H groups in total. The molecule has 26 heavy (non-hydrogen) atoms. The first kappa shape index (κ1) is 16.2. The molecule has 2 heterocycles. The van der Waals surface area contributed by atoms with E-state index in [2.05, 4.69) is 16.3 Å². The van der Waals surface area contributed by atoms with Crippen LogP contribution < -0.4 is 5.32 Å². The Morgan fingerprint density at radius 3 is 2.54 bits per heavy atom. The molecule has 2 aliphatic carbocycles. The molecule has 0 atom stereocenters. The number of benzene rings is 1. The highest BCUT2D eigenvalue weighted by atomic mass is 16.6. The van der Waals surface area contributed by atoms with Crippen molar-refractivity contribution in [2.45, 2.75) is 69.4 Å². The molecule has 4 nitrogen and oxygen atoms in total. The summed E-state index contributed by atoms with van der Waals surface area (Å²) in [7, 11) is 0. The van der Waals surface area contributed by atoms with Crippen LogP contribution in [0.2, 0.25) is 0 Å². The summed E-state index contributed by atoms with van der Waals surface area (Å²) in [5.41, 5.74) is 3.07. The monoisotopic (exact) mass is 352 g/mol. The number of fused-ring (bicyclic) bond motifs is 2. The van der Waals surface area contributed by atoms with Crippen LogP contribution in [0.15, 0.2) is 35.7 Å². The number of ether oxygens (including phenoxy) is 1. The maximum absolute atomic E-state index is 12.3. The van der Waals surface area contributed by atoms with Crippen LogP contribution in [0.25, 0.3) is 0 Å². The van der Waals surface area contributed by atoms with Gasteiger partial charge in [-0.2, -0.15) is 0 Å². The molecule has 1 saturated heterocycles. The number of nitrogens with one attached hydrogen (secondary N) is 1. The van der Waals surface area contributed by atoms with Crippen molar-refractivity contribution in [1.82, 2.24) is 10.2 Å². The second-order valence-electron chi connectivity index (χ2n) is 8.35.